The van der Waals surface area contributed by atoms with Gasteiger partial charge in [0.2, 0.25) is 6.41 Å². The van der Waals surface area contributed by atoms with E-state index in [1.165, 1.54) is 11.3 Å². The molecule has 1 aromatic heterocycles. The first-order valence-electron chi connectivity index (χ1n) is 8.68. The molecule has 0 radical (unpaired) electrons. The number of amides is 3. The lowest BCUT2D eigenvalue weighted by Gasteiger charge is -2.24. The summed E-state index contributed by atoms with van der Waals surface area (Å²) in [5, 5.41) is 4.89. The average molecular weight is 443 g/mol. The number of nitrogens with two attached hydrogens (primary N) is 2. The van der Waals surface area contributed by atoms with Crippen molar-refractivity contribution in [2.45, 2.75) is 37.5 Å². The van der Waals surface area contributed by atoms with Gasteiger partial charge in [0.1, 0.15) is 21.5 Å². The predicted molar refractivity (Wildman–Crippen MR) is 111 cm³/mol. The monoisotopic (exact) mass is 442 g/mol. The smallest absolute Gasteiger partial charge is 0.313 e. The lowest BCUT2D eigenvalue weighted by Crippen LogP contribution is -2.34. The largest absolute Gasteiger partial charge is 0.492 e. The fourth-order valence-corrected chi connectivity index (χ4v) is 4.38. The van der Waals surface area contributed by atoms with E-state index in [-0.39, 0.29) is 17.1 Å². The van der Waals surface area contributed by atoms with Gasteiger partial charge in [-0.05, 0) is 38.0 Å². The Hall–Kier alpha value is -2.66. The van der Waals surface area contributed by atoms with Crippen molar-refractivity contribution in [2.24, 2.45) is 11.5 Å². The Morgan fingerprint density at radius 1 is 1.38 bits per heavy atom. The Morgan fingerprint density at radius 3 is 2.55 bits per heavy atom. The van der Waals surface area contributed by atoms with Crippen LogP contribution in [0.15, 0.2) is 34.7 Å². The number of rotatable bonds is 8. The van der Waals surface area contributed by atoms with E-state index in [2.05, 4.69) is 16.0 Å². The number of hydrogen-bond donors (Lipinski definition) is 3. The van der Waals surface area contributed by atoms with Gasteiger partial charge in [-0.2, -0.15) is 0 Å². The number of hydrogen-bond acceptors (Lipinski definition) is 7. The Balaban J connectivity index is 0.00000132. The SMILES string of the molecule is CCCOc1ccc(C(C)(C)c2nccs2)cc1S(=O)(=O)CNC(N)=O.NC=O. The summed E-state index contributed by atoms with van der Waals surface area (Å²) in [6.45, 7) is 6.28. The van der Waals surface area contributed by atoms with E-state index in [0.29, 0.717) is 6.61 Å². The Labute approximate surface area is 174 Å². The number of urea groups is 1. The van der Waals surface area contributed by atoms with E-state index in [1.807, 2.05) is 32.2 Å². The third kappa shape index (κ3) is 6.71. The van der Waals surface area contributed by atoms with Crippen molar-refractivity contribution in [1.82, 2.24) is 10.3 Å². The summed E-state index contributed by atoms with van der Waals surface area (Å²) in [7, 11) is -3.82. The second-order valence-corrected chi connectivity index (χ2v) is 9.26. The van der Waals surface area contributed by atoms with E-state index in [0.717, 1.165) is 17.0 Å². The molecular weight excluding hydrogens is 416 g/mol. The molecule has 1 heterocycles. The average Bonchev–Trinajstić information content (AvgIpc) is 3.21. The van der Waals surface area contributed by atoms with Crippen LogP contribution in [-0.4, -0.2) is 38.3 Å². The standard InChI is InChI=1S/C17H23N3O4S2.CH3NO/c1-4-8-24-13-6-5-12(17(2,3)15-19-7-9-25-15)10-14(13)26(22,23)11-20-16(18)21;2-1-3/h5-7,9-10H,4,8,11H2,1-3H3,(H3,18,20,21);1H,(H2,2,3). The number of primary amides is 2. The van der Waals surface area contributed by atoms with Crippen molar-refractivity contribution in [2.75, 3.05) is 12.5 Å². The number of nitrogens with zero attached hydrogens (tertiary/aromatic N) is 1. The zero-order valence-electron chi connectivity index (χ0n) is 16.5. The number of aromatic nitrogens is 1. The minimum absolute atomic E-state index is 0.0295. The summed E-state index contributed by atoms with van der Waals surface area (Å²) < 4.78 is 31.0. The second-order valence-electron chi connectivity index (χ2n) is 6.41. The van der Waals surface area contributed by atoms with Crippen molar-refractivity contribution in [3.05, 3.63) is 40.3 Å². The fourth-order valence-electron chi connectivity index (χ4n) is 2.37. The molecule has 29 heavy (non-hydrogen) atoms. The zero-order valence-corrected chi connectivity index (χ0v) is 18.2. The maximum absolute atomic E-state index is 12.7. The van der Waals surface area contributed by atoms with Crippen LogP contribution in [0.5, 0.6) is 5.75 Å². The summed E-state index contributed by atoms with van der Waals surface area (Å²) in [5.74, 6) is -0.330. The molecule has 1 aromatic carbocycles. The molecule has 160 valence electrons. The predicted octanol–water partition coefficient (Wildman–Crippen LogP) is 1.76. The molecule has 0 fully saturated rings. The van der Waals surface area contributed by atoms with E-state index in [1.54, 1.807) is 18.3 Å². The third-order valence-electron chi connectivity index (χ3n) is 3.87. The molecule has 0 spiro atoms. The summed E-state index contributed by atoms with van der Waals surface area (Å²) in [5.41, 5.74) is 9.49. The first-order valence-corrected chi connectivity index (χ1v) is 11.2. The molecule has 0 saturated carbocycles. The molecule has 0 saturated heterocycles. The highest BCUT2D eigenvalue weighted by atomic mass is 32.2. The van der Waals surface area contributed by atoms with Gasteiger partial charge in [0.05, 0.1) is 6.61 Å². The van der Waals surface area contributed by atoms with Gasteiger partial charge in [-0.15, -0.1) is 11.3 Å². The van der Waals surface area contributed by atoms with Crippen LogP contribution in [0.1, 0.15) is 37.8 Å². The number of sulfone groups is 1. The molecule has 0 aliphatic rings. The first kappa shape index (κ1) is 24.4. The quantitative estimate of drug-likeness (QED) is 0.529. The van der Waals surface area contributed by atoms with Gasteiger partial charge in [-0.1, -0.05) is 13.0 Å². The molecule has 11 heteroatoms. The van der Waals surface area contributed by atoms with Crippen molar-refractivity contribution in [1.29, 1.82) is 0 Å². The van der Waals surface area contributed by atoms with Crippen LogP contribution in [0, 0.1) is 0 Å². The number of thiazole rings is 1. The Bertz CT molecular complexity index is 912. The van der Waals surface area contributed by atoms with E-state index < -0.39 is 27.2 Å². The van der Waals surface area contributed by atoms with E-state index in [4.69, 9.17) is 15.3 Å². The van der Waals surface area contributed by atoms with Gasteiger partial charge in [-0.25, -0.2) is 18.2 Å². The fraction of sp³-hybridized carbons (Fsp3) is 0.389. The molecule has 2 rings (SSSR count). The first-order chi connectivity index (χ1) is 13.6. The summed E-state index contributed by atoms with van der Waals surface area (Å²) in [4.78, 5) is 23.9. The van der Waals surface area contributed by atoms with Gasteiger partial charge in [0, 0.05) is 17.0 Å². The number of carbonyl (C=O) groups is 2. The van der Waals surface area contributed by atoms with Crippen LogP contribution in [0.25, 0.3) is 0 Å². The van der Waals surface area contributed by atoms with Gasteiger partial charge < -0.3 is 21.5 Å². The molecule has 0 aliphatic carbocycles. The van der Waals surface area contributed by atoms with E-state index in [9.17, 15) is 13.2 Å². The van der Waals surface area contributed by atoms with Crippen molar-refractivity contribution in [3.8, 4) is 5.75 Å². The zero-order chi connectivity index (χ0) is 22.1. The number of benzene rings is 1. The van der Waals surface area contributed by atoms with E-state index >= 15 is 0 Å². The number of carbonyl (C=O) groups excluding carboxylic acids is 2. The highest BCUT2D eigenvalue weighted by Gasteiger charge is 2.29. The summed E-state index contributed by atoms with van der Waals surface area (Å²) in [6.07, 6.45) is 2.71. The highest BCUT2D eigenvalue weighted by molar-refractivity contribution is 7.91. The van der Waals surface area contributed by atoms with Gasteiger partial charge in [-0.3, -0.25) is 4.79 Å². The summed E-state index contributed by atoms with van der Waals surface area (Å²) in [6, 6.07) is 4.18. The van der Waals surface area contributed by atoms with Crippen LogP contribution in [0.4, 0.5) is 4.79 Å². The number of ether oxygens (including phenoxy) is 1. The lowest BCUT2D eigenvalue weighted by atomic mass is 9.85. The molecular formula is C18H26N4O5S2. The maximum Gasteiger partial charge on any atom is 0.313 e. The summed E-state index contributed by atoms with van der Waals surface area (Å²) >= 11 is 1.50. The van der Waals surface area contributed by atoms with Crippen molar-refractivity contribution >= 4 is 33.6 Å². The van der Waals surface area contributed by atoms with Gasteiger partial charge in [0.15, 0.2) is 9.84 Å². The molecule has 0 bridgehead atoms. The molecule has 9 nitrogen and oxygen atoms in total. The third-order valence-corrected chi connectivity index (χ3v) is 6.48. The maximum atomic E-state index is 12.7. The van der Waals surface area contributed by atoms with Crippen LogP contribution in [0.2, 0.25) is 0 Å². The molecule has 2 aromatic rings. The van der Waals surface area contributed by atoms with Crippen LogP contribution in [0.3, 0.4) is 0 Å². The Morgan fingerprint density at radius 2 is 2.03 bits per heavy atom. The lowest BCUT2D eigenvalue weighted by molar-refractivity contribution is -0.106. The molecule has 5 N–H and O–H groups in total. The molecule has 0 aliphatic heterocycles. The van der Waals surface area contributed by atoms with Gasteiger partial charge in [0.25, 0.3) is 0 Å². The Kier molecular flexibility index (Phi) is 9.05. The molecule has 0 atom stereocenters. The highest BCUT2D eigenvalue weighted by Crippen LogP contribution is 2.36. The van der Waals surface area contributed by atoms with Crippen LogP contribution in [-0.2, 0) is 20.0 Å². The van der Waals surface area contributed by atoms with Gasteiger partial charge >= 0.3 is 6.03 Å². The molecule has 3 amide bonds. The van der Waals surface area contributed by atoms with Crippen LogP contribution < -0.4 is 21.5 Å². The second kappa shape index (κ2) is 10.8. The topological polar surface area (TPSA) is 154 Å². The molecule has 0 unspecified atom stereocenters. The minimum atomic E-state index is -3.82. The number of nitrogens with one attached hydrogen (secondary N) is 1. The normalized spacial score (nSPS) is 11.1. The minimum Gasteiger partial charge on any atom is -0.492 e. The van der Waals surface area contributed by atoms with Crippen molar-refractivity contribution in [3.63, 3.8) is 0 Å². The van der Waals surface area contributed by atoms with Crippen LogP contribution >= 0.6 is 11.3 Å². The van der Waals surface area contributed by atoms with Crippen molar-refractivity contribution < 1.29 is 22.7 Å².